The maximum atomic E-state index is 12.3. The van der Waals surface area contributed by atoms with E-state index in [4.69, 9.17) is 5.11 Å². The Labute approximate surface area is 116 Å². The summed E-state index contributed by atoms with van der Waals surface area (Å²) in [6.07, 6.45) is 0.229. The Morgan fingerprint density at radius 1 is 1.30 bits per heavy atom. The molecular formula is C14H16N2O4. The van der Waals surface area contributed by atoms with Crippen LogP contribution >= 0.6 is 0 Å². The molecule has 106 valence electrons. The van der Waals surface area contributed by atoms with E-state index in [1.165, 1.54) is 17.0 Å². The average molecular weight is 276 g/mol. The number of carboxylic acid groups (broad SMARTS) is 1. The van der Waals surface area contributed by atoms with Crippen molar-refractivity contribution < 1.29 is 19.5 Å². The van der Waals surface area contributed by atoms with Crippen LogP contribution in [0.2, 0.25) is 0 Å². The third-order valence-corrected chi connectivity index (χ3v) is 3.52. The van der Waals surface area contributed by atoms with E-state index in [1.54, 1.807) is 31.1 Å². The number of hydrogen-bond acceptors (Lipinski definition) is 3. The van der Waals surface area contributed by atoms with Crippen LogP contribution in [0.5, 0.6) is 0 Å². The van der Waals surface area contributed by atoms with Gasteiger partial charge in [-0.05, 0) is 24.3 Å². The van der Waals surface area contributed by atoms with E-state index in [9.17, 15) is 14.4 Å². The summed E-state index contributed by atoms with van der Waals surface area (Å²) in [6, 6.07) is 6.07. The van der Waals surface area contributed by atoms with Crippen LogP contribution in [0.25, 0.3) is 0 Å². The first-order chi connectivity index (χ1) is 9.40. The van der Waals surface area contributed by atoms with Crippen LogP contribution < -0.4 is 4.90 Å². The molecule has 2 amide bonds. The average Bonchev–Trinajstić information content (AvgIpc) is 2.77. The van der Waals surface area contributed by atoms with Crippen molar-refractivity contribution in [3.63, 3.8) is 0 Å². The number of hydrogen-bond donors (Lipinski definition) is 1. The summed E-state index contributed by atoms with van der Waals surface area (Å²) < 4.78 is 0. The highest BCUT2D eigenvalue weighted by Gasteiger charge is 2.34. The molecule has 0 spiro atoms. The highest BCUT2D eigenvalue weighted by atomic mass is 16.4. The van der Waals surface area contributed by atoms with Gasteiger partial charge in [0.15, 0.2) is 0 Å². The predicted octanol–water partition coefficient (Wildman–Crippen LogP) is 0.826. The summed E-state index contributed by atoms with van der Waals surface area (Å²) in [5, 5.41) is 8.83. The van der Waals surface area contributed by atoms with E-state index in [-0.39, 0.29) is 29.7 Å². The van der Waals surface area contributed by atoms with Gasteiger partial charge in [-0.1, -0.05) is 0 Å². The lowest BCUT2D eigenvalue weighted by Crippen LogP contribution is -2.34. The number of carbonyl (C=O) groups excluding carboxylic acids is 2. The SMILES string of the molecule is CN1CC(C(=O)N(C)c2ccc(C(=O)O)cc2)CC1=O. The number of aromatic carboxylic acids is 1. The number of nitrogens with zero attached hydrogens (tertiary/aromatic N) is 2. The van der Waals surface area contributed by atoms with Crippen LogP contribution in [0.15, 0.2) is 24.3 Å². The van der Waals surface area contributed by atoms with Crippen LogP contribution in [-0.2, 0) is 9.59 Å². The molecule has 1 aromatic rings. The second-order valence-electron chi connectivity index (χ2n) is 4.92. The Balaban J connectivity index is 2.11. The van der Waals surface area contributed by atoms with Crippen LogP contribution in [0, 0.1) is 5.92 Å². The largest absolute Gasteiger partial charge is 0.478 e. The van der Waals surface area contributed by atoms with Crippen LogP contribution in [0.1, 0.15) is 16.8 Å². The van der Waals surface area contributed by atoms with E-state index < -0.39 is 5.97 Å². The quantitative estimate of drug-likeness (QED) is 0.886. The zero-order valence-corrected chi connectivity index (χ0v) is 11.4. The molecular weight excluding hydrogens is 260 g/mol. The number of carbonyl (C=O) groups is 3. The molecule has 1 fully saturated rings. The summed E-state index contributed by atoms with van der Waals surface area (Å²) >= 11 is 0. The molecule has 1 saturated heterocycles. The van der Waals surface area contributed by atoms with Gasteiger partial charge in [-0.3, -0.25) is 9.59 Å². The number of carboxylic acids is 1. The lowest BCUT2D eigenvalue weighted by Gasteiger charge is -2.21. The van der Waals surface area contributed by atoms with Gasteiger partial charge >= 0.3 is 5.97 Å². The van der Waals surface area contributed by atoms with Gasteiger partial charge in [0.1, 0.15) is 0 Å². The summed E-state index contributed by atoms with van der Waals surface area (Å²) in [5.41, 5.74) is 0.785. The van der Waals surface area contributed by atoms with Gasteiger partial charge in [0.05, 0.1) is 11.5 Å². The van der Waals surface area contributed by atoms with Crippen molar-refractivity contribution in [2.45, 2.75) is 6.42 Å². The predicted molar refractivity (Wildman–Crippen MR) is 72.6 cm³/mol. The Kier molecular flexibility index (Phi) is 3.74. The molecule has 0 saturated carbocycles. The van der Waals surface area contributed by atoms with E-state index in [0.29, 0.717) is 12.2 Å². The smallest absolute Gasteiger partial charge is 0.335 e. The molecule has 0 bridgehead atoms. The molecule has 1 aromatic carbocycles. The van der Waals surface area contributed by atoms with E-state index in [0.717, 1.165) is 0 Å². The molecule has 1 atom stereocenters. The Bertz CT molecular complexity index is 553. The number of rotatable bonds is 3. The zero-order valence-electron chi connectivity index (χ0n) is 11.4. The Hall–Kier alpha value is -2.37. The molecule has 0 aliphatic carbocycles. The number of likely N-dealkylation sites (tertiary alicyclic amines) is 1. The van der Waals surface area contributed by atoms with Gasteiger partial charge < -0.3 is 14.9 Å². The maximum absolute atomic E-state index is 12.3. The topological polar surface area (TPSA) is 77.9 Å². The fraction of sp³-hybridized carbons (Fsp3) is 0.357. The molecule has 0 radical (unpaired) electrons. The summed E-state index contributed by atoms with van der Waals surface area (Å²) in [5.74, 6) is -1.51. The van der Waals surface area contributed by atoms with Crippen molar-refractivity contribution in [1.29, 1.82) is 0 Å². The lowest BCUT2D eigenvalue weighted by molar-refractivity contribution is -0.127. The number of amides is 2. The van der Waals surface area contributed by atoms with E-state index in [1.807, 2.05) is 0 Å². The standard InChI is InChI=1S/C14H16N2O4/c1-15-8-10(7-12(15)17)13(18)16(2)11-5-3-9(4-6-11)14(19)20/h3-6,10H,7-8H2,1-2H3,(H,19,20). The van der Waals surface area contributed by atoms with Gasteiger partial charge in [0.25, 0.3) is 0 Å². The minimum Gasteiger partial charge on any atom is -0.478 e. The molecule has 1 unspecified atom stereocenters. The molecule has 1 N–H and O–H groups in total. The summed E-state index contributed by atoms with van der Waals surface area (Å²) in [7, 11) is 3.30. The maximum Gasteiger partial charge on any atom is 0.335 e. The second kappa shape index (κ2) is 5.32. The summed E-state index contributed by atoms with van der Waals surface area (Å²) in [4.78, 5) is 37.5. The summed E-state index contributed by atoms with van der Waals surface area (Å²) in [6.45, 7) is 0.426. The van der Waals surface area contributed by atoms with Crippen molar-refractivity contribution in [2.75, 3.05) is 25.5 Å². The molecule has 0 aromatic heterocycles. The Morgan fingerprint density at radius 2 is 1.90 bits per heavy atom. The first-order valence-corrected chi connectivity index (χ1v) is 6.25. The molecule has 6 heteroatoms. The molecule has 1 heterocycles. The fourth-order valence-electron chi connectivity index (χ4n) is 2.26. The first kappa shape index (κ1) is 14.0. The lowest BCUT2D eigenvalue weighted by atomic mass is 10.1. The van der Waals surface area contributed by atoms with Gasteiger partial charge in [-0.15, -0.1) is 0 Å². The molecule has 1 aliphatic rings. The van der Waals surface area contributed by atoms with Gasteiger partial charge in [-0.25, -0.2) is 4.79 Å². The Morgan fingerprint density at radius 3 is 2.35 bits per heavy atom. The van der Waals surface area contributed by atoms with Crippen molar-refractivity contribution in [1.82, 2.24) is 4.90 Å². The van der Waals surface area contributed by atoms with Gasteiger partial charge in [0.2, 0.25) is 11.8 Å². The first-order valence-electron chi connectivity index (χ1n) is 6.25. The molecule has 6 nitrogen and oxygen atoms in total. The molecule has 20 heavy (non-hydrogen) atoms. The highest BCUT2D eigenvalue weighted by Crippen LogP contribution is 2.22. The van der Waals surface area contributed by atoms with Crippen LogP contribution in [0.4, 0.5) is 5.69 Å². The van der Waals surface area contributed by atoms with Crippen LogP contribution in [-0.4, -0.2) is 48.4 Å². The highest BCUT2D eigenvalue weighted by molar-refractivity contribution is 5.99. The van der Waals surface area contributed by atoms with Crippen molar-refractivity contribution in [2.24, 2.45) is 5.92 Å². The molecule has 1 aliphatic heterocycles. The minimum atomic E-state index is -1.01. The van der Waals surface area contributed by atoms with Crippen molar-refractivity contribution >= 4 is 23.5 Å². The monoisotopic (exact) mass is 276 g/mol. The second-order valence-corrected chi connectivity index (χ2v) is 4.92. The van der Waals surface area contributed by atoms with Crippen molar-refractivity contribution in [3.8, 4) is 0 Å². The number of anilines is 1. The third kappa shape index (κ3) is 2.64. The van der Waals surface area contributed by atoms with E-state index in [2.05, 4.69) is 0 Å². The third-order valence-electron chi connectivity index (χ3n) is 3.52. The van der Waals surface area contributed by atoms with Gasteiger partial charge in [-0.2, -0.15) is 0 Å². The normalized spacial score (nSPS) is 18.2. The number of benzene rings is 1. The van der Waals surface area contributed by atoms with Crippen LogP contribution in [0.3, 0.4) is 0 Å². The zero-order chi connectivity index (χ0) is 14.9. The van der Waals surface area contributed by atoms with Crippen molar-refractivity contribution in [3.05, 3.63) is 29.8 Å². The fourth-order valence-corrected chi connectivity index (χ4v) is 2.26. The van der Waals surface area contributed by atoms with E-state index >= 15 is 0 Å². The minimum absolute atomic E-state index is 0.0297. The van der Waals surface area contributed by atoms with Gasteiger partial charge in [0, 0.05) is 32.7 Å². The molecule has 2 rings (SSSR count).